The summed E-state index contributed by atoms with van der Waals surface area (Å²) in [6, 6.07) is 1.88. The molecule has 0 radical (unpaired) electrons. The minimum atomic E-state index is 0.647. The highest BCUT2D eigenvalue weighted by atomic mass is 16.5. The van der Waals surface area contributed by atoms with Crippen molar-refractivity contribution in [3.8, 4) is 11.3 Å². The molecule has 0 aliphatic rings. The number of imidazole rings is 1. The molecule has 84 valence electrons. The smallest absolute Gasteiger partial charge is 0.0951 e. The van der Waals surface area contributed by atoms with Gasteiger partial charge in [0.25, 0.3) is 0 Å². The van der Waals surface area contributed by atoms with E-state index in [1.807, 2.05) is 10.6 Å². The molecule has 5 heteroatoms. The Balaban J connectivity index is 2.33. The number of rotatable bonds is 4. The molecule has 0 amide bonds. The number of hydrogen-bond donors (Lipinski definition) is 1. The van der Waals surface area contributed by atoms with Crippen LogP contribution in [0.15, 0.2) is 31.0 Å². The van der Waals surface area contributed by atoms with E-state index in [1.165, 1.54) is 0 Å². The van der Waals surface area contributed by atoms with E-state index in [1.54, 1.807) is 32.0 Å². The maximum absolute atomic E-state index is 5.87. The first-order chi connectivity index (χ1) is 7.83. The van der Waals surface area contributed by atoms with Gasteiger partial charge < -0.3 is 15.0 Å². The van der Waals surface area contributed by atoms with Crippen molar-refractivity contribution in [2.75, 3.05) is 19.5 Å². The van der Waals surface area contributed by atoms with Gasteiger partial charge in [-0.05, 0) is 6.07 Å². The van der Waals surface area contributed by atoms with Crippen LogP contribution < -0.4 is 5.73 Å². The minimum Gasteiger partial charge on any atom is -0.397 e. The summed E-state index contributed by atoms with van der Waals surface area (Å²) >= 11 is 0. The van der Waals surface area contributed by atoms with Crippen molar-refractivity contribution in [1.29, 1.82) is 0 Å². The summed E-state index contributed by atoms with van der Waals surface area (Å²) in [4.78, 5) is 8.09. The second-order valence-corrected chi connectivity index (χ2v) is 3.43. The lowest BCUT2D eigenvalue weighted by molar-refractivity contribution is 0.187. The average molecular weight is 218 g/mol. The number of nitrogens with two attached hydrogens (primary N) is 1. The second kappa shape index (κ2) is 4.76. The van der Waals surface area contributed by atoms with E-state index >= 15 is 0 Å². The van der Waals surface area contributed by atoms with Gasteiger partial charge in [0, 0.05) is 25.4 Å². The molecule has 0 aromatic carbocycles. The van der Waals surface area contributed by atoms with Gasteiger partial charge in [0.15, 0.2) is 0 Å². The summed E-state index contributed by atoms with van der Waals surface area (Å²) in [6.07, 6.45) is 6.93. The van der Waals surface area contributed by atoms with Gasteiger partial charge >= 0.3 is 0 Å². The zero-order valence-corrected chi connectivity index (χ0v) is 9.13. The molecule has 2 aromatic rings. The third-order valence-electron chi connectivity index (χ3n) is 2.38. The number of nitrogen functional groups attached to an aromatic ring is 1. The van der Waals surface area contributed by atoms with E-state index in [-0.39, 0.29) is 0 Å². The van der Waals surface area contributed by atoms with Gasteiger partial charge in [0.05, 0.1) is 36.7 Å². The number of pyridine rings is 1. The van der Waals surface area contributed by atoms with Crippen LogP contribution in [0.2, 0.25) is 0 Å². The van der Waals surface area contributed by atoms with Crippen molar-refractivity contribution >= 4 is 5.69 Å². The zero-order valence-electron chi connectivity index (χ0n) is 9.13. The van der Waals surface area contributed by atoms with Gasteiger partial charge in [-0.15, -0.1) is 0 Å². The van der Waals surface area contributed by atoms with E-state index in [9.17, 15) is 0 Å². The molecule has 0 unspecified atom stereocenters. The molecule has 2 N–H and O–H groups in total. The van der Waals surface area contributed by atoms with Gasteiger partial charge in [-0.25, -0.2) is 4.98 Å². The fraction of sp³-hybridized carbons (Fsp3) is 0.273. The highest BCUT2D eigenvalue weighted by molar-refractivity contribution is 5.72. The largest absolute Gasteiger partial charge is 0.397 e. The van der Waals surface area contributed by atoms with Crippen LogP contribution in [0.5, 0.6) is 0 Å². The predicted octanol–water partition coefficient (Wildman–Crippen LogP) is 1.17. The number of aromatic nitrogens is 3. The van der Waals surface area contributed by atoms with Crippen molar-refractivity contribution in [2.24, 2.45) is 0 Å². The van der Waals surface area contributed by atoms with Crippen LogP contribution in [0.4, 0.5) is 5.69 Å². The quantitative estimate of drug-likeness (QED) is 0.836. The summed E-state index contributed by atoms with van der Waals surface area (Å²) in [5.41, 5.74) is 8.46. The van der Waals surface area contributed by atoms with Crippen LogP contribution in [-0.4, -0.2) is 28.3 Å². The maximum atomic E-state index is 5.87. The molecule has 0 aliphatic heterocycles. The molecule has 5 nitrogen and oxygen atoms in total. The number of methoxy groups -OCH3 is 1. The fourth-order valence-electron chi connectivity index (χ4n) is 1.55. The van der Waals surface area contributed by atoms with Crippen LogP contribution in [0.25, 0.3) is 11.3 Å². The third-order valence-corrected chi connectivity index (χ3v) is 2.38. The van der Waals surface area contributed by atoms with E-state index in [2.05, 4.69) is 9.97 Å². The lowest BCUT2D eigenvalue weighted by atomic mass is 10.2. The summed E-state index contributed by atoms with van der Waals surface area (Å²) in [6.45, 7) is 1.40. The molecule has 0 aliphatic carbocycles. The Morgan fingerprint density at radius 3 is 3.00 bits per heavy atom. The third kappa shape index (κ3) is 2.04. The molecule has 16 heavy (non-hydrogen) atoms. The SMILES string of the molecule is COCCn1cncc1-c1ccncc1N. The van der Waals surface area contributed by atoms with Gasteiger partial charge in [-0.1, -0.05) is 0 Å². The Kier molecular flexibility index (Phi) is 3.16. The minimum absolute atomic E-state index is 0.647. The molecule has 2 aromatic heterocycles. The van der Waals surface area contributed by atoms with Crippen molar-refractivity contribution in [3.05, 3.63) is 31.0 Å². The van der Waals surface area contributed by atoms with Crippen molar-refractivity contribution < 1.29 is 4.74 Å². The standard InChI is InChI=1S/C11H14N4O/c1-16-5-4-15-8-14-7-11(15)9-2-3-13-6-10(9)12/h2-3,6-8H,4-5,12H2,1H3. The van der Waals surface area contributed by atoms with Gasteiger partial charge in [-0.2, -0.15) is 0 Å². The number of hydrogen-bond acceptors (Lipinski definition) is 4. The average Bonchev–Trinajstić information content (AvgIpc) is 2.75. The Labute approximate surface area is 93.9 Å². The Morgan fingerprint density at radius 1 is 1.38 bits per heavy atom. The molecule has 2 heterocycles. The Morgan fingerprint density at radius 2 is 2.25 bits per heavy atom. The first-order valence-electron chi connectivity index (χ1n) is 5.02. The number of ether oxygens (including phenoxy) is 1. The molecule has 0 bridgehead atoms. The molecule has 0 saturated carbocycles. The van der Waals surface area contributed by atoms with E-state index in [0.717, 1.165) is 17.8 Å². The maximum Gasteiger partial charge on any atom is 0.0951 e. The normalized spacial score (nSPS) is 10.6. The van der Waals surface area contributed by atoms with Gasteiger partial charge in [0.1, 0.15) is 0 Å². The van der Waals surface area contributed by atoms with Crippen LogP contribution in [0.3, 0.4) is 0 Å². The first-order valence-corrected chi connectivity index (χ1v) is 5.02. The van der Waals surface area contributed by atoms with E-state index in [4.69, 9.17) is 10.5 Å². The summed E-state index contributed by atoms with van der Waals surface area (Å²) in [5.74, 6) is 0. The number of nitrogens with zero attached hydrogens (tertiary/aromatic N) is 3. The summed E-state index contributed by atoms with van der Waals surface area (Å²) in [5, 5.41) is 0. The van der Waals surface area contributed by atoms with Gasteiger partial charge in [-0.3, -0.25) is 4.98 Å². The molecule has 0 fully saturated rings. The van der Waals surface area contributed by atoms with Crippen LogP contribution in [0, 0.1) is 0 Å². The highest BCUT2D eigenvalue weighted by Gasteiger charge is 2.07. The molecule has 0 atom stereocenters. The van der Waals surface area contributed by atoms with E-state index in [0.29, 0.717) is 12.3 Å². The van der Waals surface area contributed by atoms with Crippen molar-refractivity contribution in [3.63, 3.8) is 0 Å². The monoisotopic (exact) mass is 218 g/mol. The van der Waals surface area contributed by atoms with Gasteiger partial charge in [0.2, 0.25) is 0 Å². The number of anilines is 1. The molecule has 2 rings (SSSR count). The molecule has 0 saturated heterocycles. The van der Waals surface area contributed by atoms with Crippen LogP contribution in [-0.2, 0) is 11.3 Å². The molecule has 0 spiro atoms. The first kappa shape index (κ1) is 10.6. The predicted molar refractivity (Wildman–Crippen MR) is 61.7 cm³/mol. The summed E-state index contributed by atoms with van der Waals surface area (Å²) < 4.78 is 7.05. The van der Waals surface area contributed by atoms with Crippen molar-refractivity contribution in [2.45, 2.75) is 6.54 Å². The van der Waals surface area contributed by atoms with Crippen LogP contribution in [0.1, 0.15) is 0 Å². The van der Waals surface area contributed by atoms with E-state index < -0.39 is 0 Å². The Bertz CT molecular complexity index is 467. The van der Waals surface area contributed by atoms with Crippen LogP contribution >= 0.6 is 0 Å². The van der Waals surface area contributed by atoms with Crippen molar-refractivity contribution in [1.82, 2.24) is 14.5 Å². The lowest BCUT2D eigenvalue weighted by Gasteiger charge is -2.08. The summed E-state index contributed by atoms with van der Waals surface area (Å²) in [7, 11) is 1.68. The molecular weight excluding hydrogens is 204 g/mol. The topological polar surface area (TPSA) is 66.0 Å². The fourth-order valence-corrected chi connectivity index (χ4v) is 1.55. The molecular formula is C11H14N4O. The zero-order chi connectivity index (χ0) is 11.4. The second-order valence-electron chi connectivity index (χ2n) is 3.43. The highest BCUT2D eigenvalue weighted by Crippen LogP contribution is 2.23. The Hall–Kier alpha value is -1.88. The lowest BCUT2D eigenvalue weighted by Crippen LogP contribution is -2.05.